The average Bonchev–Trinajstić information content (AvgIpc) is 2.87. The number of nitrogens with two attached hydrogens (primary N) is 1. The van der Waals surface area contributed by atoms with E-state index >= 15 is 0 Å². The molecule has 1 heterocycles. The van der Waals surface area contributed by atoms with E-state index in [2.05, 4.69) is 5.32 Å². The lowest BCUT2D eigenvalue weighted by atomic mass is 10.1. The average molecular weight is 385 g/mol. The van der Waals surface area contributed by atoms with Crippen molar-refractivity contribution in [3.8, 4) is 0 Å². The summed E-state index contributed by atoms with van der Waals surface area (Å²) in [7, 11) is -3.39. The summed E-state index contributed by atoms with van der Waals surface area (Å²) in [4.78, 5) is 13.9. The van der Waals surface area contributed by atoms with E-state index in [1.807, 2.05) is 20.8 Å². The maximum atomic E-state index is 12.0. The molecule has 1 saturated heterocycles. The first kappa shape index (κ1) is 20.3. The summed E-state index contributed by atoms with van der Waals surface area (Å²) in [6.45, 7) is 5.71. The fraction of sp³-hybridized carbons (Fsp3) is 0.588. The van der Waals surface area contributed by atoms with Crippen LogP contribution in [0.5, 0.6) is 0 Å². The van der Waals surface area contributed by atoms with E-state index in [1.54, 1.807) is 4.90 Å². The Balaban J connectivity index is 2.21. The Kier molecular flexibility index (Phi) is 5.72. The number of carbonyl (C=O) groups excluding carboxylic acids is 1. The van der Waals surface area contributed by atoms with E-state index in [-0.39, 0.29) is 17.5 Å². The van der Waals surface area contributed by atoms with Crippen molar-refractivity contribution >= 4 is 27.3 Å². The molecule has 0 unspecified atom stereocenters. The number of alkyl carbamates (subject to hydrolysis) is 1. The van der Waals surface area contributed by atoms with Crippen molar-refractivity contribution in [2.24, 2.45) is 0 Å². The molecule has 1 aromatic carbocycles. The van der Waals surface area contributed by atoms with Gasteiger partial charge in [0.2, 0.25) is 0 Å². The van der Waals surface area contributed by atoms with Crippen LogP contribution in [0.4, 0.5) is 16.2 Å². The number of nitrogen functional groups attached to an aromatic ring is 1. The molecule has 0 saturated carbocycles. The Morgan fingerprint density at radius 1 is 1.42 bits per heavy atom. The second kappa shape index (κ2) is 7.32. The molecule has 0 bridgehead atoms. The van der Waals surface area contributed by atoms with Gasteiger partial charge in [-0.2, -0.15) is 0 Å². The molecule has 1 amide bonds. The lowest BCUT2D eigenvalue weighted by Crippen LogP contribution is -2.42. The number of nitrogens with zero attached hydrogens (tertiary/aromatic N) is 1. The van der Waals surface area contributed by atoms with E-state index in [9.17, 15) is 18.3 Å². The molecule has 146 valence electrons. The van der Waals surface area contributed by atoms with Gasteiger partial charge in [0.1, 0.15) is 6.10 Å². The van der Waals surface area contributed by atoms with Crippen molar-refractivity contribution < 1.29 is 23.1 Å². The van der Waals surface area contributed by atoms with Crippen LogP contribution in [-0.2, 0) is 14.6 Å². The second-order valence-electron chi connectivity index (χ2n) is 7.62. The van der Waals surface area contributed by atoms with Crippen LogP contribution >= 0.6 is 0 Å². The van der Waals surface area contributed by atoms with Gasteiger partial charge in [0, 0.05) is 18.2 Å². The van der Waals surface area contributed by atoms with E-state index in [4.69, 9.17) is 10.5 Å². The third-order valence-corrected chi connectivity index (χ3v) is 5.19. The molecule has 0 radical (unpaired) electrons. The highest BCUT2D eigenvalue weighted by atomic mass is 32.2. The van der Waals surface area contributed by atoms with Crippen LogP contribution in [0.2, 0.25) is 0 Å². The van der Waals surface area contributed by atoms with E-state index in [0.717, 1.165) is 6.26 Å². The lowest BCUT2D eigenvalue weighted by Gasteiger charge is -2.26. The van der Waals surface area contributed by atoms with E-state index in [0.29, 0.717) is 24.3 Å². The minimum absolute atomic E-state index is 0.147. The number of nitrogens with one attached hydrogen (secondary N) is 1. The fourth-order valence-electron chi connectivity index (χ4n) is 2.92. The monoisotopic (exact) mass is 385 g/mol. The molecule has 9 heteroatoms. The summed E-state index contributed by atoms with van der Waals surface area (Å²) in [5.41, 5.74) is 6.51. The van der Waals surface area contributed by atoms with Crippen molar-refractivity contribution in [1.82, 2.24) is 5.32 Å². The summed E-state index contributed by atoms with van der Waals surface area (Å²) in [5.74, 6) is 0. The summed E-state index contributed by atoms with van der Waals surface area (Å²) in [6.07, 6.45) is 0.588. The molecule has 1 aromatic rings. The van der Waals surface area contributed by atoms with Gasteiger partial charge in [0.05, 0.1) is 35.5 Å². The van der Waals surface area contributed by atoms with Crippen molar-refractivity contribution in [1.29, 1.82) is 0 Å². The van der Waals surface area contributed by atoms with Crippen LogP contribution in [-0.4, -0.2) is 56.7 Å². The Hall–Kier alpha value is -2.00. The van der Waals surface area contributed by atoms with E-state index < -0.39 is 27.6 Å². The van der Waals surface area contributed by atoms with Gasteiger partial charge < -0.3 is 25.8 Å². The molecule has 0 aliphatic carbocycles. The number of ether oxygens (including phenoxy) is 1. The van der Waals surface area contributed by atoms with Gasteiger partial charge >= 0.3 is 6.09 Å². The van der Waals surface area contributed by atoms with Gasteiger partial charge in [-0.05, 0) is 39.0 Å². The van der Waals surface area contributed by atoms with Crippen LogP contribution in [0.1, 0.15) is 27.2 Å². The number of aliphatic hydroxyl groups is 1. The quantitative estimate of drug-likeness (QED) is 0.664. The third kappa shape index (κ3) is 5.01. The number of benzene rings is 1. The molecule has 0 aromatic heterocycles. The predicted octanol–water partition coefficient (Wildman–Crippen LogP) is 1.14. The summed E-state index contributed by atoms with van der Waals surface area (Å²) in [6, 6.07) is 4.15. The van der Waals surface area contributed by atoms with Crippen molar-refractivity contribution in [3.63, 3.8) is 0 Å². The summed E-state index contributed by atoms with van der Waals surface area (Å²) in [5, 5.41) is 12.4. The van der Waals surface area contributed by atoms with Crippen molar-refractivity contribution in [2.75, 3.05) is 30.0 Å². The number of hydrogen-bond donors (Lipinski definition) is 3. The largest absolute Gasteiger partial charge is 0.444 e. The molecule has 0 spiro atoms. The summed E-state index contributed by atoms with van der Waals surface area (Å²) >= 11 is 0. The lowest BCUT2D eigenvalue weighted by molar-refractivity contribution is 0.0980. The Morgan fingerprint density at radius 3 is 2.62 bits per heavy atom. The first-order chi connectivity index (χ1) is 11.9. The Morgan fingerprint density at radius 2 is 2.08 bits per heavy atom. The van der Waals surface area contributed by atoms with Gasteiger partial charge in [0.15, 0.2) is 9.84 Å². The number of sulfone groups is 1. The molecule has 1 fully saturated rings. The normalized spacial score (nSPS) is 20.9. The maximum absolute atomic E-state index is 12.0. The Labute approximate surface area is 154 Å². The minimum atomic E-state index is -3.39. The first-order valence-electron chi connectivity index (χ1n) is 8.36. The maximum Gasteiger partial charge on any atom is 0.407 e. The van der Waals surface area contributed by atoms with Gasteiger partial charge in [-0.25, -0.2) is 13.2 Å². The second-order valence-corrected chi connectivity index (χ2v) is 9.64. The van der Waals surface area contributed by atoms with Crippen molar-refractivity contribution in [3.05, 3.63) is 18.2 Å². The number of hydrogen-bond acceptors (Lipinski definition) is 7. The fourth-order valence-corrected chi connectivity index (χ4v) is 3.56. The highest BCUT2D eigenvalue weighted by Gasteiger charge is 2.35. The molecular formula is C17H27N3O5S. The van der Waals surface area contributed by atoms with Crippen molar-refractivity contribution in [2.45, 2.75) is 49.8 Å². The number of aliphatic hydroxyl groups excluding tert-OH is 1. The van der Waals surface area contributed by atoms with Crippen LogP contribution < -0.4 is 16.0 Å². The smallest absolute Gasteiger partial charge is 0.407 e. The molecule has 26 heavy (non-hydrogen) atoms. The predicted molar refractivity (Wildman–Crippen MR) is 100.0 cm³/mol. The zero-order chi connectivity index (χ0) is 19.7. The summed E-state index contributed by atoms with van der Waals surface area (Å²) < 4.78 is 29.1. The van der Waals surface area contributed by atoms with Gasteiger partial charge in [0.25, 0.3) is 0 Å². The molecular weight excluding hydrogens is 358 g/mol. The zero-order valence-corrected chi connectivity index (χ0v) is 16.3. The number of anilines is 2. The molecule has 1 aliphatic rings. The van der Waals surface area contributed by atoms with Gasteiger partial charge in [-0.1, -0.05) is 0 Å². The highest BCUT2D eigenvalue weighted by molar-refractivity contribution is 7.90. The zero-order valence-electron chi connectivity index (χ0n) is 15.5. The van der Waals surface area contributed by atoms with Crippen LogP contribution in [0, 0.1) is 0 Å². The molecule has 2 atom stereocenters. The Bertz CT molecular complexity index is 773. The minimum Gasteiger partial charge on any atom is -0.444 e. The molecule has 2 rings (SSSR count). The molecule has 4 N–H and O–H groups in total. The third-order valence-electron chi connectivity index (χ3n) is 4.08. The SMILES string of the molecule is CC(C)(C)NC(=O)O[C@H]1C[C@@H](CO)N(c2cc(S(C)(=O)=O)ccc2N)C1. The standard InChI is InChI=1S/C17H27N3O5S/c1-17(2,3)19-16(22)25-12-7-11(10-21)20(9-12)15-8-13(26(4,23)24)5-6-14(15)18/h5-6,8,11-12,21H,7,9-10,18H2,1-4H3,(H,19,22)/t11-,12-/m0/s1. The number of carbonyl (C=O) groups is 1. The first-order valence-corrected chi connectivity index (χ1v) is 10.3. The number of rotatable bonds is 4. The van der Waals surface area contributed by atoms with Crippen LogP contribution in [0.25, 0.3) is 0 Å². The van der Waals surface area contributed by atoms with Crippen LogP contribution in [0.15, 0.2) is 23.1 Å². The van der Waals surface area contributed by atoms with Gasteiger partial charge in [-0.15, -0.1) is 0 Å². The number of amides is 1. The van der Waals surface area contributed by atoms with E-state index in [1.165, 1.54) is 18.2 Å². The molecule has 8 nitrogen and oxygen atoms in total. The highest BCUT2D eigenvalue weighted by Crippen LogP contribution is 2.33. The topological polar surface area (TPSA) is 122 Å². The molecule has 1 aliphatic heterocycles. The van der Waals surface area contributed by atoms with Crippen LogP contribution in [0.3, 0.4) is 0 Å². The van der Waals surface area contributed by atoms with Gasteiger partial charge in [-0.3, -0.25) is 0 Å².